The van der Waals surface area contributed by atoms with Gasteiger partial charge in [-0.1, -0.05) is 19.9 Å². The summed E-state index contributed by atoms with van der Waals surface area (Å²) in [6.07, 6.45) is 3.86. The molecule has 8 heteroatoms. The molecule has 1 aliphatic rings. The highest BCUT2D eigenvalue weighted by molar-refractivity contribution is 7.92. The van der Waals surface area contributed by atoms with Crippen LogP contribution in [-0.4, -0.2) is 32.5 Å². The molecule has 0 saturated carbocycles. The first-order valence-corrected chi connectivity index (χ1v) is 11.9. The van der Waals surface area contributed by atoms with Crippen LogP contribution in [0.1, 0.15) is 29.8 Å². The number of anilines is 2. The number of carbonyl (C=O) groups is 1. The average Bonchev–Trinajstić information content (AvgIpc) is 3.21. The number of ether oxygens (including phenoxy) is 1. The maximum atomic E-state index is 12.9. The Morgan fingerprint density at radius 1 is 1.16 bits per heavy atom. The van der Waals surface area contributed by atoms with Gasteiger partial charge in [-0.3, -0.25) is 14.5 Å². The van der Waals surface area contributed by atoms with E-state index in [1.165, 1.54) is 18.3 Å². The molecule has 2 heterocycles. The van der Waals surface area contributed by atoms with Crippen LogP contribution in [0, 0.1) is 5.92 Å². The minimum atomic E-state index is -3.79. The highest BCUT2D eigenvalue weighted by atomic mass is 32.2. The quantitative estimate of drug-likeness (QED) is 0.584. The molecule has 3 aromatic rings. The van der Waals surface area contributed by atoms with Gasteiger partial charge in [0, 0.05) is 24.6 Å². The highest BCUT2D eigenvalue weighted by Gasteiger charge is 2.26. The number of nitrogens with zero attached hydrogens (tertiary/aromatic N) is 2. The molecule has 0 saturated heterocycles. The van der Waals surface area contributed by atoms with Gasteiger partial charge in [-0.2, -0.15) is 0 Å². The monoisotopic (exact) mass is 451 g/mol. The van der Waals surface area contributed by atoms with E-state index in [2.05, 4.69) is 9.71 Å². The van der Waals surface area contributed by atoms with Crippen LogP contribution in [0.3, 0.4) is 0 Å². The fourth-order valence-corrected chi connectivity index (χ4v) is 4.54. The summed E-state index contributed by atoms with van der Waals surface area (Å²) in [5.74, 6) is 0.845. The van der Waals surface area contributed by atoms with Crippen molar-refractivity contribution < 1.29 is 17.9 Å². The number of nitrogens with one attached hydrogen (secondary N) is 1. The zero-order valence-corrected chi connectivity index (χ0v) is 18.8. The maximum absolute atomic E-state index is 12.9. The number of benzene rings is 2. The van der Waals surface area contributed by atoms with Crippen LogP contribution in [-0.2, 0) is 16.4 Å². The Balaban J connectivity index is 1.52. The van der Waals surface area contributed by atoms with E-state index in [0.717, 1.165) is 5.56 Å². The van der Waals surface area contributed by atoms with Gasteiger partial charge in [-0.25, -0.2) is 8.42 Å². The molecule has 1 amide bonds. The number of hydrogen-bond acceptors (Lipinski definition) is 5. The van der Waals surface area contributed by atoms with Crippen LogP contribution in [0.5, 0.6) is 5.75 Å². The number of pyridine rings is 1. The van der Waals surface area contributed by atoms with E-state index in [1.54, 1.807) is 47.5 Å². The molecular weight excluding hydrogens is 426 g/mol. The summed E-state index contributed by atoms with van der Waals surface area (Å²) in [6, 6.07) is 15.0. The SMILES string of the molecule is CC(C)COc1ccc(S(=O)(=O)Nc2ccc3c(c2)N(C(=O)c2cccnc2)CC3)cc1. The van der Waals surface area contributed by atoms with Gasteiger partial charge in [-0.15, -0.1) is 0 Å². The summed E-state index contributed by atoms with van der Waals surface area (Å²) in [7, 11) is -3.79. The van der Waals surface area contributed by atoms with Gasteiger partial charge in [0.2, 0.25) is 0 Å². The molecule has 0 aliphatic carbocycles. The van der Waals surface area contributed by atoms with Gasteiger partial charge in [0.15, 0.2) is 0 Å². The number of amides is 1. The molecule has 1 N–H and O–H groups in total. The lowest BCUT2D eigenvalue weighted by Crippen LogP contribution is -2.29. The van der Waals surface area contributed by atoms with Crippen molar-refractivity contribution in [1.29, 1.82) is 0 Å². The Morgan fingerprint density at radius 2 is 1.94 bits per heavy atom. The number of aromatic nitrogens is 1. The topological polar surface area (TPSA) is 88.6 Å². The third kappa shape index (κ3) is 4.75. The van der Waals surface area contributed by atoms with Gasteiger partial charge >= 0.3 is 0 Å². The van der Waals surface area contributed by atoms with Crippen LogP contribution in [0.4, 0.5) is 11.4 Å². The Labute approximate surface area is 188 Å². The van der Waals surface area contributed by atoms with Crippen LogP contribution >= 0.6 is 0 Å². The van der Waals surface area contributed by atoms with Crippen molar-refractivity contribution in [2.45, 2.75) is 25.2 Å². The van der Waals surface area contributed by atoms with Crippen molar-refractivity contribution >= 4 is 27.3 Å². The van der Waals surface area contributed by atoms with Crippen LogP contribution in [0.2, 0.25) is 0 Å². The molecule has 0 fully saturated rings. The number of sulfonamides is 1. The first kappa shape index (κ1) is 21.8. The Hall–Kier alpha value is -3.39. The van der Waals surface area contributed by atoms with E-state index in [9.17, 15) is 13.2 Å². The minimum absolute atomic E-state index is 0.137. The van der Waals surface area contributed by atoms with E-state index < -0.39 is 10.0 Å². The molecular formula is C24H25N3O4S. The molecule has 2 aromatic carbocycles. The summed E-state index contributed by atoms with van der Waals surface area (Å²) < 4.78 is 34.0. The van der Waals surface area contributed by atoms with Crippen LogP contribution < -0.4 is 14.4 Å². The van der Waals surface area contributed by atoms with Crippen molar-refractivity contribution in [2.75, 3.05) is 22.8 Å². The smallest absolute Gasteiger partial charge is 0.261 e. The largest absolute Gasteiger partial charge is 0.493 e. The second-order valence-electron chi connectivity index (χ2n) is 8.07. The predicted octanol–water partition coefficient (Wildman–Crippen LogP) is 4.12. The van der Waals surface area contributed by atoms with Crippen molar-refractivity contribution in [3.8, 4) is 5.75 Å². The van der Waals surface area contributed by atoms with Gasteiger partial charge in [0.25, 0.3) is 15.9 Å². The summed E-state index contributed by atoms with van der Waals surface area (Å²) in [6.45, 7) is 5.19. The molecule has 0 unspecified atom stereocenters. The van der Waals surface area contributed by atoms with Crippen LogP contribution in [0.25, 0.3) is 0 Å². The summed E-state index contributed by atoms with van der Waals surface area (Å²) in [5, 5.41) is 0. The molecule has 32 heavy (non-hydrogen) atoms. The van der Waals surface area contributed by atoms with Gasteiger partial charge < -0.3 is 9.64 Å². The van der Waals surface area contributed by atoms with E-state index in [4.69, 9.17) is 4.74 Å². The summed E-state index contributed by atoms with van der Waals surface area (Å²) >= 11 is 0. The van der Waals surface area contributed by atoms with E-state index in [0.29, 0.717) is 48.2 Å². The molecule has 0 bridgehead atoms. The number of hydrogen-bond donors (Lipinski definition) is 1. The van der Waals surface area contributed by atoms with E-state index >= 15 is 0 Å². The second kappa shape index (κ2) is 9.00. The lowest BCUT2D eigenvalue weighted by molar-refractivity contribution is 0.0989. The van der Waals surface area contributed by atoms with E-state index in [1.807, 2.05) is 19.9 Å². The third-order valence-electron chi connectivity index (χ3n) is 5.10. The normalized spacial score (nSPS) is 13.2. The predicted molar refractivity (Wildman–Crippen MR) is 124 cm³/mol. The molecule has 0 radical (unpaired) electrons. The lowest BCUT2D eigenvalue weighted by atomic mass is 10.1. The Morgan fingerprint density at radius 3 is 2.62 bits per heavy atom. The van der Waals surface area contributed by atoms with Crippen molar-refractivity contribution in [3.05, 3.63) is 78.1 Å². The fourth-order valence-electron chi connectivity index (χ4n) is 3.49. The molecule has 166 valence electrons. The van der Waals surface area contributed by atoms with Crippen LogP contribution in [0.15, 0.2) is 71.9 Å². The maximum Gasteiger partial charge on any atom is 0.261 e. The molecule has 7 nitrogen and oxygen atoms in total. The average molecular weight is 452 g/mol. The zero-order chi connectivity index (χ0) is 22.7. The third-order valence-corrected chi connectivity index (χ3v) is 6.50. The van der Waals surface area contributed by atoms with E-state index in [-0.39, 0.29) is 10.8 Å². The molecule has 4 rings (SSSR count). The first-order chi connectivity index (χ1) is 15.3. The standard InChI is InChI=1S/C24H25N3O4S/c1-17(2)16-31-21-7-9-22(10-8-21)32(29,30)26-20-6-5-18-11-13-27(23(18)14-20)24(28)19-4-3-12-25-15-19/h3-10,12,14-15,17,26H,11,13,16H2,1-2H3. The Bertz CT molecular complexity index is 1210. The minimum Gasteiger partial charge on any atom is -0.493 e. The number of carbonyl (C=O) groups excluding carboxylic acids is 1. The van der Waals surface area contributed by atoms with Gasteiger partial charge in [-0.05, 0) is 66.4 Å². The number of fused-ring (bicyclic) bond motifs is 1. The molecule has 1 aromatic heterocycles. The van der Waals surface area contributed by atoms with Gasteiger partial charge in [0.05, 0.1) is 22.8 Å². The second-order valence-corrected chi connectivity index (χ2v) is 9.76. The number of rotatable bonds is 7. The first-order valence-electron chi connectivity index (χ1n) is 10.4. The molecule has 0 atom stereocenters. The summed E-state index contributed by atoms with van der Waals surface area (Å²) in [5.41, 5.74) is 2.59. The zero-order valence-electron chi connectivity index (χ0n) is 18.0. The van der Waals surface area contributed by atoms with Crippen molar-refractivity contribution in [1.82, 2.24) is 4.98 Å². The lowest BCUT2D eigenvalue weighted by Gasteiger charge is -2.18. The fraction of sp³-hybridized carbons (Fsp3) is 0.250. The molecule has 1 aliphatic heterocycles. The molecule has 0 spiro atoms. The Kier molecular flexibility index (Phi) is 6.14. The van der Waals surface area contributed by atoms with Crippen molar-refractivity contribution in [2.24, 2.45) is 5.92 Å². The summed E-state index contributed by atoms with van der Waals surface area (Å²) in [4.78, 5) is 18.7. The van der Waals surface area contributed by atoms with Crippen molar-refractivity contribution in [3.63, 3.8) is 0 Å². The van der Waals surface area contributed by atoms with Gasteiger partial charge in [0.1, 0.15) is 5.75 Å². The highest BCUT2D eigenvalue weighted by Crippen LogP contribution is 2.33.